The summed E-state index contributed by atoms with van der Waals surface area (Å²) in [5, 5.41) is 0. The zero-order chi connectivity index (χ0) is 19.6. The second kappa shape index (κ2) is 5.33. The van der Waals surface area contributed by atoms with Crippen LogP contribution in [-0.2, 0) is 13.2 Å². The minimum absolute atomic E-state index is 0.0129. The molecule has 1 aromatic heterocycles. The number of carbonyl (C=O) groups excluding carboxylic acids is 1. The quantitative estimate of drug-likeness (QED) is 0.774. The molecule has 0 aliphatic carbocycles. The van der Waals surface area contributed by atoms with Gasteiger partial charge < -0.3 is 4.74 Å². The summed E-state index contributed by atoms with van der Waals surface area (Å²) in [6.45, 7) is 4.73. The van der Waals surface area contributed by atoms with E-state index in [0.29, 0.717) is 20.8 Å². The van der Waals surface area contributed by atoms with E-state index in [4.69, 9.17) is 4.74 Å². The molecule has 0 bridgehead atoms. The van der Waals surface area contributed by atoms with Crippen LogP contribution in [0.2, 0.25) is 0 Å². The van der Waals surface area contributed by atoms with Gasteiger partial charge in [0, 0.05) is 13.1 Å². The van der Waals surface area contributed by atoms with Crippen molar-refractivity contribution in [2.24, 2.45) is 7.05 Å². The third kappa shape index (κ3) is 2.46. The van der Waals surface area contributed by atoms with E-state index >= 15 is 0 Å². The number of carbonyl (C=O) groups is 1. The number of halogens is 3. The van der Waals surface area contributed by atoms with E-state index in [1.807, 2.05) is 0 Å². The second-order valence-electron chi connectivity index (χ2n) is 6.59. The summed E-state index contributed by atoms with van der Waals surface area (Å²) >= 11 is 0. The fourth-order valence-electron chi connectivity index (χ4n) is 2.95. The Morgan fingerprint density at radius 2 is 1.73 bits per heavy atom. The van der Waals surface area contributed by atoms with Gasteiger partial charge in [-0.05, 0) is 32.4 Å². The molecule has 0 saturated carbocycles. The van der Waals surface area contributed by atoms with Gasteiger partial charge in [0.25, 0.3) is 5.56 Å². The average molecular weight is 368 g/mol. The van der Waals surface area contributed by atoms with Crippen LogP contribution in [-0.4, -0.2) is 20.5 Å². The number of nitrogens with zero attached hydrogens (tertiary/aromatic N) is 2. The summed E-state index contributed by atoms with van der Waals surface area (Å²) in [6, 6.07) is 3.23. The summed E-state index contributed by atoms with van der Waals surface area (Å²) < 4.78 is 45.5. The Balaban J connectivity index is 2.36. The zero-order valence-electron chi connectivity index (χ0n) is 14.4. The van der Waals surface area contributed by atoms with Crippen molar-refractivity contribution in [1.29, 1.82) is 0 Å². The van der Waals surface area contributed by atoms with Gasteiger partial charge >= 0.3 is 11.9 Å². The molecule has 1 aromatic carbocycles. The SMILES string of the molecule is Cc1ccc(-n2c(=O)cc(C(F)(F)F)n(C)c2=O)c2c1C(=O)C(C)(C)O2. The lowest BCUT2D eigenvalue weighted by Gasteiger charge is -2.18. The van der Waals surface area contributed by atoms with Crippen molar-refractivity contribution in [3.05, 3.63) is 55.9 Å². The molecule has 1 aliphatic rings. The number of hydrogen-bond acceptors (Lipinski definition) is 4. The van der Waals surface area contributed by atoms with Crippen molar-refractivity contribution >= 4 is 5.78 Å². The second-order valence-corrected chi connectivity index (χ2v) is 6.59. The first-order chi connectivity index (χ1) is 11.9. The predicted molar refractivity (Wildman–Crippen MR) is 86.1 cm³/mol. The lowest BCUT2D eigenvalue weighted by Crippen LogP contribution is -2.41. The molecule has 0 atom stereocenters. The van der Waals surface area contributed by atoms with Gasteiger partial charge in [-0.15, -0.1) is 0 Å². The standard InChI is InChI=1S/C17H15F3N2O4/c1-8-5-6-9(13-12(8)14(24)16(2,3)26-13)22-11(23)7-10(17(18,19)20)21(4)15(22)25/h5-7H,1-4H3. The van der Waals surface area contributed by atoms with E-state index in [2.05, 4.69) is 0 Å². The fraction of sp³-hybridized carbons (Fsp3) is 0.353. The normalized spacial score (nSPS) is 15.7. The van der Waals surface area contributed by atoms with Crippen molar-refractivity contribution < 1.29 is 22.7 Å². The van der Waals surface area contributed by atoms with Gasteiger partial charge in [-0.3, -0.25) is 14.2 Å². The number of ketones is 1. The maximum Gasteiger partial charge on any atom is 0.431 e. The molecule has 0 saturated heterocycles. The van der Waals surface area contributed by atoms with Crippen LogP contribution in [0.25, 0.3) is 5.69 Å². The van der Waals surface area contributed by atoms with Gasteiger partial charge in [-0.2, -0.15) is 13.2 Å². The van der Waals surface area contributed by atoms with Crippen LogP contribution in [0.4, 0.5) is 13.2 Å². The largest absolute Gasteiger partial charge is 0.477 e. The van der Waals surface area contributed by atoms with Gasteiger partial charge in [0.2, 0.25) is 5.78 Å². The van der Waals surface area contributed by atoms with Crippen molar-refractivity contribution in [2.45, 2.75) is 32.5 Å². The Morgan fingerprint density at radius 3 is 2.31 bits per heavy atom. The Kier molecular flexibility index (Phi) is 3.68. The lowest BCUT2D eigenvalue weighted by atomic mass is 9.96. The summed E-state index contributed by atoms with van der Waals surface area (Å²) in [5.41, 5.74) is -4.18. The van der Waals surface area contributed by atoms with Gasteiger partial charge in [0.1, 0.15) is 5.69 Å². The number of fused-ring (bicyclic) bond motifs is 1. The van der Waals surface area contributed by atoms with Gasteiger partial charge in [-0.25, -0.2) is 9.36 Å². The van der Waals surface area contributed by atoms with Crippen LogP contribution in [0.1, 0.15) is 35.5 Å². The van der Waals surface area contributed by atoms with Gasteiger partial charge in [0.05, 0.1) is 11.3 Å². The fourth-order valence-corrected chi connectivity index (χ4v) is 2.95. The third-order valence-electron chi connectivity index (χ3n) is 4.33. The molecular weight excluding hydrogens is 353 g/mol. The number of alkyl halides is 3. The maximum absolute atomic E-state index is 13.0. The molecule has 1 aliphatic heterocycles. The van der Waals surface area contributed by atoms with E-state index < -0.39 is 28.7 Å². The first kappa shape index (κ1) is 18.0. The summed E-state index contributed by atoms with van der Waals surface area (Å²) in [4.78, 5) is 37.3. The van der Waals surface area contributed by atoms with Crippen molar-refractivity contribution in [1.82, 2.24) is 9.13 Å². The molecular formula is C17H15F3N2O4. The lowest BCUT2D eigenvalue weighted by molar-refractivity contribution is -0.144. The number of benzene rings is 1. The molecule has 6 nitrogen and oxygen atoms in total. The molecule has 0 amide bonds. The summed E-state index contributed by atoms with van der Waals surface area (Å²) in [6.07, 6.45) is -4.85. The number of Topliss-reactive ketones (excluding diaryl/α,β-unsaturated/α-hetero) is 1. The van der Waals surface area contributed by atoms with Crippen LogP contribution in [0.5, 0.6) is 5.75 Å². The van der Waals surface area contributed by atoms with Gasteiger partial charge in [-0.1, -0.05) is 6.07 Å². The van der Waals surface area contributed by atoms with E-state index in [0.717, 1.165) is 7.05 Å². The molecule has 2 heterocycles. The average Bonchev–Trinajstić information content (AvgIpc) is 2.75. The van der Waals surface area contributed by atoms with Crippen molar-refractivity contribution in [3.8, 4) is 11.4 Å². The smallest absolute Gasteiger partial charge is 0.431 e. The third-order valence-corrected chi connectivity index (χ3v) is 4.33. The number of ether oxygens (including phenoxy) is 1. The van der Waals surface area contributed by atoms with Crippen LogP contribution in [0.3, 0.4) is 0 Å². The molecule has 138 valence electrons. The zero-order valence-corrected chi connectivity index (χ0v) is 14.4. The highest BCUT2D eigenvalue weighted by molar-refractivity contribution is 6.09. The summed E-state index contributed by atoms with van der Waals surface area (Å²) in [5.74, 6) is -0.317. The minimum atomic E-state index is -4.85. The Hall–Kier alpha value is -2.84. The first-order valence-corrected chi connectivity index (χ1v) is 7.64. The predicted octanol–water partition coefficient (Wildman–Crippen LogP) is 2.22. The molecule has 2 aromatic rings. The van der Waals surface area contributed by atoms with Crippen LogP contribution < -0.4 is 16.0 Å². The topological polar surface area (TPSA) is 70.3 Å². The van der Waals surface area contributed by atoms with Gasteiger partial charge in [0.15, 0.2) is 11.4 Å². The molecule has 0 spiro atoms. The van der Waals surface area contributed by atoms with Crippen LogP contribution in [0, 0.1) is 6.92 Å². The Labute approximate surface area is 145 Å². The minimum Gasteiger partial charge on any atom is -0.477 e. The van der Waals surface area contributed by atoms with E-state index in [9.17, 15) is 27.6 Å². The molecule has 3 rings (SSSR count). The highest BCUT2D eigenvalue weighted by Crippen LogP contribution is 2.40. The maximum atomic E-state index is 13.0. The molecule has 9 heteroatoms. The molecule has 0 unspecified atom stereocenters. The van der Waals surface area contributed by atoms with Crippen LogP contribution >= 0.6 is 0 Å². The van der Waals surface area contributed by atoms with Crippen molar-refractivity contribution in [2.75, 3.05) is 0 Å². The van der Waals surface area contributed by atoms with E-state index in [1.54, 1.807) is 6.92 Å². The monoisotopic (exact) mass is 368 g/mol. The van der Waals surface area contributed by atoms with Crippen molar-refractivity contribution in [3.63, 3.8) is 0 Å². The first-order valence-electron chi connectivity index (χ1n) is 7.64. The number of aromatic nitrogens is 2. The molecule has 26 heavy (non-hydrogen) atoms. The highest BCUT2D eigenvalue weighted by Gasteiger charge is 2.43. The van der Waals surface area contributed by atoms with E-state index in [-0.39, 0.29) is 22.8 Å². The van der Waals surface area contributed by atoms with E-state index in [1.165, 1.54) is 26.0 Å². The highest BCUT2D eigenvalue weighted by atomic mass is 19.4. The van der Waals surface area contributed by atoms with Crippen LogP contribution in [0.15, 0.2) is 27.8 Å². The molecule has 0 radical (unpaired) electrons. The number of rotatable bonds is 1. The Morgan fingerprint density at radius 1 is 1.12 bits per heavy atom. The summed E-state index contributed by atoms with van der Waals surface area (Å²) in [7, 11) is 0.922. The molecule has 0 N–H and O–H groups in total. The number of aryl methyl sites for hydroxylation is 1. The Bertz CT molecular complexity index is 1060. The molecule has 0 fully saturated rings. The number of hydrogen-bond donors (Lipinski definition) is 0.